The maximum atomic E-state index is 9.17. The van der Waals surface area contributed by atoms with Crippen molar-refractivity contribution in [2.45, 2.75) is 64.0 Å². The van der Waals surface area contributed by atoms with Crippen LogP contribution in [0.5, 0.6) is 0 Å². The van der Waals surface area contributed by atoms with Crippen LogP contribution in [0.15, 0.2) is 0 Å². The molecule has 1 unspecified atom stereocenters. The van der Waals surface area contributed by atoms with E-state index in [4.69, 9.17) is 0 Å². The van der Waals surface area contributed by atoms with E-state index in [0.717, 1.165) is 19.3 Å². The Bertz CT molecular complexity index is 187. The lowest BCUT2D eigenvalue weighted by molar-refractivity contribution is 0.270. The number of nitriles is 1. The molecule has 0 aromatic carbocycles. The third-order valence-electron chi connectivity index (χ3n) is 3.06. The molecule has 0 aromatic heterocycles. The fourth-order valence-electron chi connectivity index (χ4n) is 2.02. The van der Waals surface area contributed by atoms with Crippen LogP contribution in [0, 0.1) is 11.3 Å². The Morgan fingerprint density at radius 3 is 2.46 bits per heavy atom. The molecular formula is C11H20N2. The van der Waals surface area contributed by atoms with Crippen molar-refractivity contribution in [2.24, 2.45) is 0 Å². The molecule has 1 atom stereocenters. The topological polar surface area (TPSA) is 35.8 Å². The van der Waals surface area contributed by atoms with Crippen LogP contribution in [0.4, 0.5) is 0 Å². The molecule has 1 N–H and O–H groups in total. The van der Waals surface area contributed by atoms with Gasteiger partial charge in [0.25, 0.3) is 0 Å². The molecule has 0 spiro atoms. The van der Waals surface area contributed by atoms with Crippen LogP contribution < -0.4 is 5.32 Å². The Labute approximate surface area is 81.3 Å². The van der Waals surface area contributed by atoms with Gasteiger partial charge in [0.2, 0.25) is 0 Å². The average Bonchev–Trinajstić information content (AvgIpc) is 2.19. The molecule has 0 heterocycles. The molecule has 2 nitrogen and oxygen atoms in total. The van der Waals surface area contributed by atoms with Crippen molar-refractivity contribution in [3.05, 3.63) is 0 Å². The molecule has 0 amide bonds. The van der Waals surface area contributed by atoms with Crippen LogP contribution in [0.25, 0.3) is 0 Å². The highest BCUT2D eigenvalue weighted by Gasteiger charge is 2.32. The summed E-state index contributed by atoms with van der Waals surface area (Å²) < 4.78 is 0. The summed E-state index contributed by atoms with van der Waals surface area (Å²) in [5.41, 5.74) is -0.201. The van der Waals surface area contributed by atoms with E-state index >= 15 is 0 Å². The zero-order valence-corrected chi connectivity index (χ0v) is 8.77. The maximum Gasteiger partial charge on any atom is 0.106 e. The molecule has 0 saturated heterocycles. The third-order valence-corrected chi connectivity index (χ3v) is 3.06. The summed E-state index contributed by atoms with van der Waals surface area (Å²) in [4.78, 5) is 0. The van der Waals surface area contributed by atoms with Gasteiger partial charge in [0, 0.05) is 6.04 Å². The van der Waals surface area contributed by atoms with Gasteiger partial charge in [-0.1, -0.05) is 26.2 Å². The maximum absolute atomic E-state index is 9.17. The standard InChI is InChI=1S/C11H20N2/c1-3-10(2)13-11(9-12)7-5-4-6-8-11/h10,13H,3-8H2,1-2H3. The second kappa shape index (κ2) is 4.62. The van der Waals surface area contributed by atoms with E-state index < -0.39 is 0 Å². The van der Waals surface area contributed by atoms with Gasteiger partial charge in [-0.15, -0.1) is 0 Å². The van der Waals surface area contributed by atoms with Gasteiger partial charge >= 0.3 is 0 Å². The molecule has 0 aromatic rings. The van der Waals surface area contributed by atoms with Crippen LogP contribution in [0.1, 0.15) is 52.4 Å². The van der Waals surface area contributed by atoms with E-state index in [0.29, 0.717) is 6.04 Å². The van der Waals surface area contributed by atoms with E-state index in [1.54, 1.807) is 0 Å². The highest BCUT2D eigenvalue weighted by molar-refractivity contribution is 5.09. The summed E-state index contributed by atoms with van der Waals surface area (Å²) in [6.07, 6.45) is 6.88. The van der Waals surface area contributed by atoms with Gasteiger partial charge in [0.05, 0.1) is 6.07 Å². The van der Waals surface area contributed by atoms with Crippen molar-refractivity contribution in [2.75, 3.05) is 0 Å². The lowest BCUT2D eigenvalue weighted by atomic mass is 9.82. The number of rotatable bonds is 3. The summed E-state index contributed by atoms with van der Waals surface area (Å²) in [5, 5.41) is 12.6. The zero-order valence-electron chi connectivity index (χ0n) is 8.77. The lowest BCUT2D eigenvalue weighted by Gasteiger charge is -2.34. The quantitative estimate of drug-likeness (QED) is 0.724. The number of hydrogen-bond donors (Lipinski definition) is 1. The summed E-state index contributed by atoms with van der Waals surface area (Å²) in [5.74, 6) is 0. The third kappa shape index (κ3) is 2.70. The van der Waals surface area contributed by atoms with Crippen molar-refractivity contribution < 1.29 is 0 Å². The lowest BCUT2D eigenvalue weighted by Crippen LogP contribution is -2.49. The summed E-state index contributed by atoms with van der Waals surface area (Å²) in [6, 6.07) is 2.94. The highest BCUT2D eigenvalue weighted by atomic mass is 15.0. The Morgan fingerprint density at radius 1 is 1.38 bits per heavy atom. The first-order chi connectivity index (χ1) is 6.22. The van der Waals surface area contributed by atoms with E-state index in [1.165, 1.54) is 19.3 Å². The summed E-state index contributed by atoms with van der Waals surface area (Å²) in [7, 11) is 0. The molecule has 2 heteroatoms. The van der Waals surface area contributed by atoms with Gasteiger partial charge in [0.15, 0.2) is 0 Å². The predicted octanol–water partition coefficient (Wildman–Crippen LogP) is 2.60. The van der Waals surface area contributed by atoms with Crippen molar-refractivity contribution in [1.29, 1.82) is 5.26 Å². The molecule has 1 aliphatic carbocycles. The Kier molecular flexibility index (Phi) is 3.74. The van der Waals surface area contributed by atoms with E-state index in [2.05, 4.69) is 25.2 Å². The summed E-state index contributed by atoms with van der Waals surface area (Å²) >= 11 is 0. The minimum absolute atomic E-state index is 0.201. The van der Waals surface area contributed by atoms with Gasteiger partial charge in [-0.25, -0.2) is 0 Å². The van der Waals surface area contributed by atoms with Crippen molar-refractivity contribution in [1.82, 2.24) is 5.32 Å². The molecule has 74 valence electrons. The van der Waals surface area contributed by atoms with Crippen LogP contribution >= 0.6 is 0 Å². The molecule has 1 fully saturated rings. The predicted molar refractivity (Wildman–Crippen MR) is 54.3 cm³/mol. The molecule has 0 aliphatic heterocycles. The van der Waals surface area contributed by atoms with Crippen LogP contribution in [-0.2, 0) is 0 Å². The number of nitrogens with one attached hydrogen (secondary N) is 1. The van der Waals surface area contributed by atoms with E-state index in [-0.39, 0.29) is 5.54 Å². The Morgan fingerprint density at radius 2 is 2.00 bits per heavy atom. The van der Waals surface area contributed by atoms with Crippen LogP contribution in [0.3, 0.4) is 0 Å². The number of nitrogens with zero attached hydrogens (tertiary/aromatic N) is 1. The van der Waals surface area contributed by atoms with Crippen molar-refractivity contribution in [3.8, 4) is 6.07 Å². The fourth-order valence-corrected chi connectivity index (χ4v) is 2.02. The second-order valence-corrected chi connectivity index (χ2v) is 4.21. The summed E-state index contributed by atoms with van der Waals surface area (Å²) in [6.45, 7) is 4.32. The first kappa shape index (κ1) is 10.5. The monoisotopic (exact) mass is 180 g/mol. The van der Waals surface area contributed by atoms with E-state index in [9.17, 15) is 5.26 Å². The molecule has 1 rings (SSSR count). The first-order valence-electron chi connectivity index (χ1n) is 5.41. The smallest absolute Gasteiger partial charge is 0.106 e. The van der Waals surface area contributed by atoms with Crippen LogP contribution in [0.2, 0.25) is 0 Å². The second-order valence-electron chi connectivity index (χ2n) is 4.21. The SMILES string of the molecule is CCC(C)NC1(C#N)CCCCC1. The minimum Gasteiger partial charge on any atom is -0.297 e. The number of hydrogen-bond acceptors (Lipinski definition) is 2. The molecule has 0 bridgehead atoms. The first-order valence-corrected chi connectivity index (χ1v) is 5.41. The molecule has 1 aliphatic rings. The average molecular weight is 180 g/mol. The molecule has 0 radical (unpaired) electrons. The molecule has 13 heavy (non-hydrogen) atoms. The largest absolute Gasteiger partial charge is 0.297 e. The fraction of sp³-hybridized carbons (Fsp3) is 0.909. The van der Waals surface area contributed by atoms with Gasteiger partial charge in [-0.2, -0.15) is 5.26 Å². The molecule has 1 saturated carbocycles. The normalized spacial score (nSPS) is 23.5. The highest BCUT2D eigenvalue weighted by Crippen LogP contribution is 2.28. The Hall–Kier alpha value is -0.550. The van der Waals surface area contributed by atoms with Gasteiger partial charge in [-0.3, -0.25) is 5.32 Å². The van der Waals surface area contributed by atoms with Crippen LogP contribution in [-0.4, -0.2) is 11.6 Å². The van der Waals surface area contributed by atoms with E-state index in [1.807, 2.05) is 0 Å². The van der Waals surface area contributed by atoms with Gasteiger partial charge in [0.1, 0.15) is 5.54 Å². The van der Waals surface area contributed by atoms with Crippen molar-refractivity contribution >= 4 is 0 Å². The molecular weight excluding hydrogens is 160 g/mol. The minimum atomic E-state index is -0.201. The Balaban J connectivity index is 2.53. The van der Waals surface area contributed by atoms with Gasteiger partial charge < -0.3 is 0 Å². The van der Waals surface area contributed by atoms with Gasteiger partial charge in [-0.05, 0) is 26.2 Å². The zero-order chi connectivity index (χ0) is 9.73. The van der Waals surface area contributed by atoms with Crippen molar-refractivity contribution in [3.63, 3.8) is 0 Å².